The lowest BCUT2D eigenvalue weighted by atomic mass is 9.85. The number of rotatable bonds is 9. The van der Waals surface area contributed by atoms with Gasteiger partial charge in [0.15, 0.2) is 12.4 Å². The number of imide groups is 1. The highest BCUT2D eigenvalue weighted by Crippen LogP contribution is 2.53. The summed E-state index contributed by atoms with van der Waals surface area (Å²) in [5.74, 6) is -3.16. The van der Waals surface area contributed by atoms with Crippen molar-refractivity contribution in [2.75, 3.05) is 6.61 Å². The number of ether oxygens (including phenoxy) is 2. The highest BCUT2D eigenvalue weighted by molar-refractivity contribution is 6.42. The summed E-state index contributed by atoms with van der Waals surface area (Å²) in [5.41, 5.74) is 0.438. The zero-order valence-electron chi connectivity index (χ0n) is 21.8. The van der Waals surface area contributed by atoms with Gasteiger partial charge >= 0.3 is 11.9 Å². The van der Waals surface area contributed by atoms with Gasteiger partial charge in [0, 0.05) is 5.56 Å². The second-order valence-corrected chi connectivity index (χ2v) is 11.6. The second-order valence-electron chi connectivity index (χ2n) is 10.8. The molecule has 2 aliphatic carbocycles. The van der Waals surface area contributed by atoms with Crippen molar-refractivity contribution in [2.24, 2.45) is 29.6 Å². The Bertz CT molecular complexity index is 1390. The molecule has 5 rings (SSSR count). The largest absolute Gasteiger partial charge is 0.456 e. The number of likely N-dealkylation sites (tertiary alicyclic amines) is 1. The number of hydrogen-bond donors (Lipinski definition) is 0. The van der Waals surface area contributed by atoms with Crippen molar-refractivity contribution in [3.8, 4) is 5.75 Å². The fourth-order valence-corrected chi connectivity index (χ4v) is 6.10. The predicted octanol–water partition coefficient (Wildman–Crippen LogP) is 5.16. The van der Waals surface area contributed by atoms with Crippen LogP contribution in [0.4, 0.5) is 0 Å². The number of benzene rings is 2. The van der Waals surface area contributed by atoms with Gasteiger partial charge < -0.3 is 9.47 Å². The van der Waals surface area contributed by atoms with Crippen LogP contribution in [-0.2, 0) is 19.1 Å². The number of nitrogens with zero attached hydrogens (tertiary/aromatic N) is 1. The summed E-state index contributed by atoms with van der Waals surface area (Å²) in [7, 11) is 0. The molecule has 8 nitrogen and oxygen atoms in total. The van der Waals surface area contributed by atoms with Gasteiger partial charge in [0.1, 0.15) is 11.8 Å². The molecule has 2 fully saturated rings. The first kappa shape index (κ1) is 28.1. The van der Waals surface area contributed by atoms with E-state index in [1.54, 1.807) is 0 Å². The normalized spacial score (nSPS) is 23.5. The molecule has 208 valence electrons. The number of halogens is 2. The lowest BCUT2D eigenvalue weighted by molar-refractivity contribution is -0.159. The minimum atomic E-state index is -1.08. The third kappa shape index (κ3) is 5.30. The molecule has 0 aromatic heterocycles. The number of carbonyl (C=O) groups is 5. The van der Waals surface area contributed by atoms with Gasteiger partial charge in [-0.25, -0.2) is 9.59 Å². The first-order valence-electron chi connectivity index (χ1n) is 13.1. The Morgan fingerprint density at radius 3 is 2.08 bits per heavy atom. The zero-order chi connectivity index (χ0) is 28.7. The van der Waals surface area contributed by atoms with Crippen LogP contribution in [0.2, 0.25) is 10.0 Å². The van der Waals surface area contributed by atoms with Gasteiger partial charge in [-0.1, -0.05) is 49.2 Å². The molecule has 5 unspecified atom stereocenters. The minimum absolute atomic E-state index is 0.00305. The van der Waals surface area contributed by atoms with E-state index in [-0.39, 0.29) is 57.9 Å². The third-order valence-corrected chi connectivity index (χ3v) is 8.41. The number of carbonyl (C=O) groups excluding carboxylic acids is 5. The number of hydrogen-bond acceptors (Lipinski definition) is 7. The minimum Gasteiger partial charge on any atom is -0.456 e. The fraction of sp³-hybridized carbons (Fsp3) is 0.367. The molecule has 1 heterocycles. The molecule has 0 radical (unpaired) electrons. The molecule has 0 spiro atoms. The Hall–Kier alpha value is -3.49. The number of ketones is 1. The molecule has 1 saturated carbocycles. The lowest BCUT2D eigenvalue weighted by Gasteiger charge is -2.27. The molecule has 40 heavy (non-hydrogen) atoms. The van der Waals surface area contributed by atoms with Gasteiger partial charge in [-0.15, -0.1) is 0 Å². The molecule has 2 aromatic carbocycles. The maximum absolute atomic E-state index is 13.3. The van der Waals surface area contributed by atoms with Gasteiger partial charge in [0.05, 0.1) is 27.4 Å². The van der Waals surface area contributed by atoms with Crippen molar-refractivity contribution in [3.05, 3.63) is 75.8 Å². The van der Waals surface area contributed by atoms with Gasteiger partial charge in [0.2, 0.25) is 11.8 Å². The molecule has 0 N–H and O–H groups in total. The van der Waals surface area contributed by atoms with Crippen molar-refractivity contribution in [1.29, 1.82) is 0 Å². The molecule has 2 bridgehead atoms. The van der Waals surface area contributed by atoms with Crippen LogP contribution in [0.25, 0.3) is 0 Å². The number of allylic oxidation sites excluding steroid dienone is 2. The van der Waals surface area contributed by atoms with Gasteiger partial charge in [-0.05, 0) is 73.1 Å². The van der Waals surface area contributed by atoms with Gasteiger partial charge in [-0.2, -0.15) is 0 Å². The summed E-state index contributed by atoms with van der Waals surface area (Å²) in [6.07, 6.45) is 5.02. The number of fused-ring (bicyclic) bond motifs is 5. The summed E-state index contributed by atoms with van der Waals surface area (Å²) in [4.78, 5) is 65.9. The third-order valence-electron chi connectivity index (χ3n) is 7.67. The monoisotopic (exact) mass is 583 g/mol. The van der Waals surface area contributed by atoms with Gasteiger partial charge in [0.25, 0.3) is 0 Å². The summed E-state index contributed by atoms with van der Waals surface area (Å²) < 4.78 is 10.6. The maximum Gasteiger partial charge on any atom is 0.343 e. The first-order valence-corrected chi connectivity index (χ1v) is 13.8. The summed E-state index contributed by atoms with van der Waals surface area (Å²) >= 11 is 11.8. The summed E-state index contributed by atoms with van der Waals surface area (Å²) in [6.45, 7) is 3.21. The summed E-state index contributed by atoms with van der Waals surface area (Å²) in [6, 6.07) is 9.03. The van der Waals surface area contributed by atoms with Crippen molar-refractivity contribution in [3.63, 3.8) is 0 Å². The van der Waals surface area contributed by atoms with Crippen LogP contribution in [0.3, 0.4) is 0 Å². The maximum atomic E-state index is 13.3. The first-order chi connectivity index (χ1) is 19.0. The van der Waals surface area contributed by atoms with E-state index >= 15 is 0 Å². The lowest BCUT2D eigenvalue weighted by Crippen LogP contribution is -2.48. The number of esters is 2. The Morgan fingerprint density at radius 1 is 0.900 bits per heavy atom. The Labute approximate surface area is 241 Å². The van der Waals surface area contributed by atoms with Crippen LogP contribution in [0, 0.1) is 29.6 Å². The van der Waals surface area contributed by atoms with E-state index in [1.165, 1.54) is 42.5 Å². The summed E-state index contributed by atoms with van der Waals surface area (Å²) in [5, 5.41) is 0.523. The smallest absolute Gasteiger partial charge is 0.343 e. The molecular weight excluding hydrogens is 557 g/mol. The number of amides is 2. The van der Waals surface area contributed by atoms with Crippen molar-refractivity contribution < 1.29 is 33.4 Å². The van der Waals surface area contributed by atoms with E-state index in [0.29, 0.717) is 5.02 Å². The molecule has 1 saturated heterocycles. The average Bonchev–Trinajstić information content (AvgIpc) is 3.61. The topological polar surface area (TPSA) is 107 Å². The molecular formula is C30H27Cl2NO7. The molecule has 1 aliphatic heterocycles. The van der Waals surface area contributed by atoms with Crippen LogP contribution in [0.1, 0.15) is 47.4 Å². The van der Waals surface area contributed by atoms with E-state index in [0.717, 1.165) is 11.3 Å². The highest BCUT2D eigenvalue weighted by atomic mass is 35.5. The SMILES string of the molecule is CC(C)CC(C(=O)OCC(=O)c1ccc(OC(=O)c2ccc(Cl)c(Cl)c2)cc1)N1C(=O)C2C3C=CC(C3)C2C1=O. The second kappa shape index (κ2) is 11.2. The Balaban J connectivity index is 1.20. The van der Waals surface area contributed by atoms with E-state index in [4.69, 9.17) is 32.7 Å². The zero-order valence-corrected chi connectivity index (χ0v) is 23.4. The molecule has 5 atom stereocenters. The van der Waals surface area contributed by atoms with Crippen molar-refractivity contribution in [1.82, 2.24) is 4.90 Å². The molecule has 2 amide bonds. The van der Waals surface area contributed by atoms with Crippen molar-refractivity contribution in [2.45, 2.75) is 32.7 Å². The van der Waals surface area contributed by atoms with Crippen LogP contribution >= 0.6 is 23.2 Å². The highest BCUT2D eigenvalue weighted by Gasteiger charge is 2.61. The molecule has 3 aliphatic rings. The van der Waals surface area contributed by atoms with Crippen LogP contribution in [0.15, 0.2) is 54.6 Å². The van der Waals surface area contributed by atoms with Crippen LogP contribution < -0.4 is 4.74 Å². The van der Waals surface area contributed by atoms with Crippen LogP contribution in [0.5, 0.6) is 5.75 Å². The molecule has 2 aromatic rings. The molecule has 10 heteroatoms. The van der Waals surface area contributed by atoms with E-state index in [1.807, 2.05) is 26.0 Å². The quantitative estimate of drug-likeness (QED) is 0.132. The van der Waals surface area contributed by atoms with Gasteiger partial charge in [-0.3, -0.25) is 19.3 Å². The number of Topliss-reactive ketones (excluding diaryl/α,β-unsaturated/α-hetero) is 1. The van der Waals surface area contributed by atoms with Crippen molar-refractivity contribution >= 4 is 52.7 Å². The average molecular weight is 584 g/mol. The van der Waals surface area contributed by atoms with Crippen LogP contribution in [-0.4, -0.2) is 47.1 Å². The van der Waals surface area contributed by atoms with E-state index in [2.05, 4.69) is 0 Å². The Kier molecular flexibility index (Phi) is 7.84. The van der Waals surface area contributed by atoms with E-state index < -0.39 is 42.2 Å². The Morgan fingerprint density at radius 2 is 1.50 bits per heavy atom. The standard InChI is InChI=1S/C30H27Cl2NO7/c1-15(2)11-23(33-27(35)25-17-3-4-18(12-17)26(25)28(33)36)30(38)39-14-24(34)16-5-8-20(9-6-16)40-29(37)19-7-10-21(31)22(32)13-19/h3-10,13,15,17-18,23,25-26H,11-12,14H2,1-2H3. The predicted molar refractivity (Wildman–Crippen MR) is 146 cm³/mol. The fourth-order valence-electron chi connectivity index (χ4n) is 5.80. The van der Waals surface area contributed by atoms with E-state index in [9.17, 15) is 24.0 Å².